The number of morpholine rings is 1. The fraction of sp³-hybridized carbons (Fsp3) is 0.692. The quantitative estimate of drug-likeness (QED) is 0.849. The molecular weight excluding hydrogens is 260 g/mol. The highest BCUT2D eigenvalue weighted by Crippen LogP contribution is 2.28. The molecule has 19 heavy (non-hydrogen) atoms. The third-order valence-electron chi connectivity index (χ3n) is 3.65. The van der Waals surface area contributed by atoms with Crippen molar-refractivity contribution in [2.75, 3.05) is 18.1 Å². The Hall–Kier alpha value is -1.14. The van der Waals surface area contributed by atoms with E-state index in [0.717, 1.165) is 36.6 Å². The highest BCUT2D eigenvalue weighted by atomic mass is 32.1. The van der Waals surface area contributed by atoms with Gasteiger partial charge in [0.1, 0.15) is 10.8 Å². The van der Waals surface area contributed by atoms with E-state index in [0.29, 0.717) is 11.0 Å². The zero-order valence-electron chi connectivity index (χ0n) is 12.0. The van der Waals surface area contributed by atoms with Gasteiger partial charge in [0, 0.05) is 13.6 Å². The first-order chi connectivity index (χ1) is 8.95. The van der Waals surface area contributed by atoms with Crippen molar-refractivity contribution < 1.29 is 4.74 Å². The predicted molar refractivity (Wildman–Crippen MR) is 80.7 cm³/mol. The summed E-state index contributed by atoms with van der Waals surface area (Å²) < 4.78 is 7.62. The molecule has 1 aliphatic heterocycles. The van der Waals surface area contributed by atoms with Crippen LogP contribution in [-0.4, -0.2) is 40.1 Å². The molecule has 1 aromatic heterocycles. The number of ether oxygens (including phenoxy) is 1. The number of aromatic nitrogens is 2. The Labute approximate surface area is 119 Å². The highest BCUT2D eigenvalue weighted by molar-refractivity contribution is 7.80. The summed E-state index contributed by atoms with van der Waals surface area (Å²) in [5.74, 6) is 1.02. The van der Waals surface area contributed by atoms with E-state index in [9.17, 15) is 0 Å². The molecule has 2 N–H and O–H groups in total. The topological polar surface area (TPSA) is 56.3 Å². The van der Waals surface area contributed by atoms with Gasteiger partial charge in [-0.1, -0.05) is 19.1 Å². The van der Waals surface area contributed by atoms with Crippen LogP contribution in [0.15, 0.2) is 0 Å². The Bertz CT molecular complexity index is 485. The summed E-state index contributed by atoms with van der Waals surface area (Å²) in [6.45, 7) is 7.78. The molecule has 2 heterocycles. The molecule has 2 unspecified atom stereocenters. The van der Waals surface area contributed by atoms with E-state index in [1.54, 1.807) is 0 Å². The van der Waals surface area contributed by atoms with Crippen molar-refractivity contribution in [1.82, 2.24) is 9.78 Å². The lowest BCUT2D eigenvalue weighted by Gasteiger charge is -2.40. The zero-order valence-corrected chi connectivity index (χ0v) is 12.8. The Morgan fingerprint density at radius 1 is 1.58 bits per heavy atom. The maximum absolute atomic E-state index is 5.88. The minimum atomic E-state index is 0.206. The summed E-state index contributed by atoms with van der Waals surface area (Å²) >= 11 is 5.19. The van der Waals surface area contributed by atoms with Crippen molar-refractivity contribution in [3.63, 3.8) is 0 Å². The number of hydrogen-bond acceptors (Lipinski definition) is 4. The van der Waals surface area contributed by atoms with Gasteiger partial charge in [0.2, 0.25) is 0 Å². The molecule has 106 valence electrons. The first-order valence-electron chi connectivity index (χ1n) is 6.67. The van der Waals surface area contributed by atoms with Gasteiger partial charge in [-0.25, -0.2) is 0 Å². The maximum Gasteiger partial charge on any atom is 0.137 e. The van der Waals surface area contributed by atoms with Crippen LogP contribution >= 0.6 is 12.2 Å². The minimum absolute atomic E-state index is 0.206. The number of hydrogen-bond donors (Lipinski definition) is 1. The van der Waals surface area contributed by atoms with Crippen LogP contribution in [0.1, 0.15) is 31.5 Å². The van der Waals surface area contributed by atoms with E-state index in [-0.39, 0.29) is 6.10 Å². The van der Waals surface area contributed by atoms with E-state index < -0.39 is 0 Å². The van der Waals surface area contributed by atoms with Crippen LogP contribution in [0.3, 0.4) is 0 Å². The van der Waals surface area contributed by atoms with Crippen molar-refractivity contribution in [2.45, 2.75) is 39.3 Å². The normalized spacial score (nSPS) is 23.7. The summed E-state index contributed by atoms with van der Waals surface area (Å²) in [6, 6.07) is 0.346. The molecule has 0 saturated carbocycles. The number of nitrogens with two attached hydrogens (primary N) is 1. The standard InChI is InChI=1S/C13H22N4OS/c1-5-10-7-18-8(2)6-17(10)13-11(12(14)19)9(3)15-16(13)4/h8,10H,5-7H2,1-4H3,(H2,14,19). The average molecular weight is 282 g/mol. The Morgan fingerprint density at radius 2 is 2.26 bits per heavy atom. The Morgan fingerprint density at radius 3 is 2.84 bits per heavy atom. The first kappa shape index (κ1) is 14.3. The lowest BCUT2D eigenvalue weighted by Crippen LogP contribution is -2.50. The molecule has 0 amide bonds. The SMILES string of the molecule is CCC1COC(C)CN1c1c(C(N)=S)c(C)nn1C. The summed E-state index contributed by atoms with van der Waals surface area (Å²) in [4.78, 5) is 2.75. The fourth-order valence-corrected chi connectivity index (χ4v) is 2.94. The summed E-state index contributed by atoms with van der Waals surface area (Å²) in [6.07, 6.45) is 1.23. The van der Waals surface area contributed by atoms with Crippen LogP contribution in [0.2, 0.25) is 0 Å². The molecule has 5 nitrogen and oxygen atoms in total. The second kappa shape index (κ2) is 5.46. The summed E-state index contributed by atoms with van der Waals surface area (Å²) in [5, 5.41) is 4.47. The molecule has 1 aromatic rings. The van der Waals surface area contributed by atoms with E-state index in [2.05, 4.69) is 23.8 Å². The van der Waals surface area contributed by atoms with Gasteiger partial charge in [0.25, 0.3) is 0 Å². The molecule has 0 aliphatic carbocycles. The fourth-order valence-electron chi connectivity index (χ4n) is 2.71. The van der Waals surface area contributed by atoms with Crippen molar-refractivity contribution in [3.8, 4) is 0 Å². The Kier molecular flexibility index (Phi) is 4.10. The lowest BCUT2D eigenvalue weighted by molar-refractivity contribution is 0.0293. The molecular formula is C13H22N4OS. The highest BCUT2D eigenvalue weighted by Gasteiger charge is 2.31. The zero-order chi connectivity index (χ0) is 14.2. The van der Waals surface area contributed by atoms with Gasteiger partial charge >= 0.3 is 0 Å². The third kappa shape index (κ3) is 2.60. The van der Waals surface area contributed by atoms with Crippen molar-refractivity contribution >= 4 is 23.0 Å². The van der Waals surface area contributed by atoms with Crippen LogP contribution in [0.4, 0.5) is 5.82 Å². The van der Waals surface area contributed by atoms with Gasteiger partial charge in [-0.2, -0.15) is 5.10 Å². The summed E-state index contributed by atoms with van der Waals surface area (Å²) in [7, 11) is 1.94. The van der Waals surface area contributed by atoms with E-state index >= 15 is 0 Å². The van der Waals surface area contributed by atoms with Crippen molar-refractivity contribution in [1.29, 1.82) is 0 Å². The number of aryl methyl sites for hydroxylation is 2. The Balaban J connectivity index is 2.46. The molecule has 1 aliphatic rings. The average Bonchev–Trinajstić information content (AvgIpc) is 2.64. The van der Waals surface area contributed by atoms with Gasteiger partial charge in [-0.05, 0) is 20.3 Å². The van der Waals surface area contributed by atoms with Gasteiger partial charge < -0.3 is 15.4 Å². The smallest absolute Gasteiger partial charge is 0.137 e. The second-order valence-corrected chi connectivity index (χ2v) is 5.57. The maximum atomic E-state index is 5.88. The molecule has 6 heteroatoms. The van der Waals surface area contributed by atoms with E-state index in [1.165, 1.54) is 0 Å². The second-order valence-electron chi connectivity index (χ2n) is 5.13. The van der Waals surface area contributed by atoms with E-state index in [4.69, 9.17) is 22.7 Å². The monoisotopic (exact) mass is 282 g/mol. The van der Waals surface area contributed by atoms with Crippen LogP contribution in [0.25, 0.3) is 0 Å². The molecule has 0 aromatic carbocycles. The molecule has 0 bridgehead atoms. The number of thiocarbonyl (C=S) groups is 1. The largest absolute Gasteiger partial charge is 0.389 e. The van der Waals surface area contributed by atoms with Gasteiger partial charge in [0.05, 0.1) is 30.0 Å². The number of rotatable bonds is 3. The van der Waals surface area contributed by atoms with Crippen molar-refractivity contribution in [2.24, 2.45) is 12.8 Å². The molecule has 0 spiro atoms. The molecule has 2 rings (SSSR count). The lowest BCUT2D eigenvalue weighted by atomic mass is 10.1. The molecule has 2 atom stereocenters. The minimum Gasteiger partial charge on any atom is -0.389 e. The molecule has 1 fully saturated rings. The van der Waals surface area contributed by atoms with Crippen LogP contribution in [0, 0.1) is 6.92 Å². The number of anilines is 1. The van der Waals surface area contributed by atoms with Gasteiger partial charge in [-0.3, -0.25) is 4.68 Å². The van der Waals surface area contributed by atoms with Gasteiger partial charge in [-0.15, -0.1) is 0 Å². The van der Waals surface area contributed by atoms with E-state index in [1.807, 2.05) is 18.7 Å². The number of nitrogens with zero attached hydrogens (tertiary/aromatic N) is 3. The van der Waals surface area contributed by atoms with Crippen LogP contribution in [0.5, 0.6) is 0 Å². The van der Waals surface area contributed by atoms with Crippen LogP contribution < -0.4 is 10.6 Å². The molecule has 1 saturated heterocycles. The first-order valence-corrected chi connectivity index (χ1v) is 7.08. The van der Waals surface area contributed by atoms with Crippen molar-refractivity contribution in [3.05, 3.63) is 11.3 Å². The van der Waals surface area contributed by atoms with Crippen LogP contribution in [-0.2, 0) is 11.8 Å². The summed E-state index contributed by atoms with van der Waals surface area (Å²) in [5.41, 5.74) is 7.66. The molecule has 0 radical (unpaired) electrons. The third-order valence-corrected chi connectivity index (χ3v) is 3.85. The predicted octanol–water partition coefficient (Wildman–Crippen LogP) is 1.37. The van der Waals surface area contributed by atoms with Gasteiger partial charge in [0.15, 0.2) is 0 Å².